The van der Waals surface area contributed by atoms with Crippen molar-refractivity contribution in [3.63, 3.8) is 0 Å². The number of halogens is 3. The van der Waals surface area contributed by atoms with Crippen LogP contribution in [0.3, 0.4) is 0 Å². The van der Waals surface area contributed by atoms with Gasteiger partial charge in [-0.05, 0) is 38.8 Å². The molecule has 2 aromatic rings. The number of hydrogen-bond acceptors (Lipinski definition) is 4. The summed E-state index contributed by atoms with van der Waals surface area (Å²) in [6, 6.07) is 11.9. The summed E-state index contributed by atoms with van der Waals surface area (Å²) in [7, 11) is 0. The van der Waals surface area contributed by atoms with Gasteiger partial charge in [-0.3, -0.25) is 4.90 Å². The molecule has 1 heterocycles. The first-order chi connectivity index (χ1) is 14.2. The lowest BCUT2D eigenvalue weighted by Crippen LogP contribution is -2.44. The monoisotopic (exact) mass is 423 g/mol. The molecule has 3 rings (SSSR count). The maximum absolute atomic E-state index is 14.8. The summed E-state index contributed by atoms with van der Waals surface area (Å²) in [5.41, 5.74) is 0.710. The number of carbonyl (C=O) groups is 1. The van der Waals surface area contributed by atoms with Crippen LogP contribution in [0.2, 0.25) is 0 Å². The molecule has 0 bridgehead atoms. The Bertz CT molecular complexity index is 884. The third-order valence-electron chi connectivity index (χ3n) is 4.49. The van der Waals surface area contributed by atoms with E-state index < -0.39 is 36.1 Å². The summed E-state index contributed by atoms with van der Waals surface area (Å²) in [5.74, 6) is -1.40. The van der Waals surface area contributed by atoms with Crippen LogP contribution in [0.5, 0.6) is 5.75 Å². The van der Waals surface area contributed by atoms with E-state index in [2.05, 4.69) is 4.74 Å². The first-order valence-electron chi connectivity index (χ1n) is 9.57. The van der Waals surface area contributed by atoms with Crippen molar-refractivity contribution < 1.29 is 32.2 Å². The molecule has 0 saturated heterocycles. The van der Waals surface area contributed by atoms with Crippen molar-refractivity contribution in [2.24, 2.45) is 0 Å². The second-order valence-electron chi connectivity index (χ2n) is 7.90. The molecule has 2 aromatic carbocycles. The highest BCUT2D eigenvalue weighted by molar-refractivity contribution is 5.69. The number of fused-ring (bicyclic) bond motifs is 1. The number of ether oxygens (including phenoxy) is 3. The standard InChI is InChI=1S/C22H24F3NO4/c1-22(2,3)30-21(27)26-12-11-15-16(9-10-17(18(15)23)29-20(24)25)19(26)28-13-14-7-5-4-6-8-14/h4-10,19-20H,11-13H2,1-3H3. The Labute approximate surface area is 173 Å². The van der Waals surface area contributed by atoms with Crippen molar-refractivity contribution in [3.05, 3.63) is 65.0 Å². The van der Waals surface area contributed by atoms with Crippen LogP contribution >= 0.6 is 0 Å². The predicted octanol–water partition coefficient (Wildman–Crippen LogP) is 5.44. The molecule has 30 heavy (non-hydrogen) atoms. The fraction of sp³-hybridized carbons (Fsp3) is 0.409. The quantitative estimate of drug-likeness (QED) is 0.643. The van der Waals surface area contributed by atoms with Crippen molar-refractivity contribution in [3.8, 4) is 5.75 Å². The Morgan fingerprint density at radius 3 is 2.50 bits per heavy atom. The first-order valence-corrected chi connectivity index (χ1v) is 9.57. The minimum absolute atomic E-state index is 0.108. The number of hydrogen-bond donors (Lipinski definition) is 0. The van der Waals surface area contributed by atoms with E-state index in [-0.39, 0.29) is 25.1 Å². The largest absolute Gasteiger partial charge is 0.444 e. The van der Waals surface area contributed by atoms with Crippen LogP contribution in [-0.2, 0) is 22.5 Å². The molecule has 0 aliphatic carbocycles. The summed E-state index contributed by atoms with van der Waals surface area (Å²) in [4.78, 5) is 14.1. The Hall–Kier alpha value is -2.74. The van der Waals surface area contributed by atoms with Gasteiger partial charge in [0.15, 0.2) is 17.8 Å². The van der Waals surface area contributed by atoms with E-state index in [1.807, 2.05) is 30.3 Å². The van der Waals surface area contributed by atoms with Gasteiger partial charge < -0.3 is 14.2 Å². The van der Waals surface area contributed by atoms with Gasteiger partial charge in [0.1, 0.15) is 5.60 Å². The van der Waals surface area contributed by atoms with Gasteiger partial charge in [0, 0.05) is 17.7 Å². The fourth-order valence-corrected chi connectivity index (χ4v) is 3.24. The van der Waals surface area contributed by atoms with E-state index in [1.165, 1.54) is 11.0 Å². The minimum atomic E-state index is -3.13. The average molecular weight is 423 g/mol. The first kappa shape index (κ1) is 22.0. The molecule has 0 spiro atoms. The topological polar surface area (TPSA) is 48.0 Å². The third-order valence-corrected chi connectivity index (χ3v) is 4.49. The van der Waals surface area contributed by atoms with Crippen LogP contribution in [0.25, 0.3) is 0 Å². The van der Waals surface area contributed by atoms with Gasteiger partial charge in [-0.2, -0.15) is 8.78 Å². The van der Waals surface area contributed by atoms with Crippen LogP contribution in [-0.4, -0.2) is 29.8 Å². The molecule has 1 aliphatic rings. The van der Waals surface area contributed by atoms with Crippen LogP contribution < -0.4 is 4.74 Å². The van der Waals surface area contributed by atoms with Crippen LogP contribution in [0.1, 0.15) is 43.7 Å². The number of nitrogens with zero attached hydrogens (tertiary/aromatic N) is 1. The molecule has 0 fully saturated rings. The lowest BCUT2D eigenvalue weighted by Gasteiger charge is -2.38. The molecular weight excluding hydrogens is 399 g/mol. The normalized spacial score (nSPS) is 16.4. The molecule has 0 aromatic heterocycles. The third kappa shape index (κ3) is 5.24. The summed E-state index contributed by atoms with van der Waals surface area (Å²) < 4.78 is 55.6. The van der Waals surface area contributed by atoms with E-state index in [1.54, 1.807) is 20.8 Å². The highest BCUT2D eigenvalue weighted by Crippen LogP contribution is 2.37. The Balaban J connectivity index is 1.92. The second kappa shape index (κ2) is 8.95. The Morgan fingerprint density at radius 2 is 1.87 bits per heavy atom. The maximum Gasteiger partial charge on any atom is 0.412 e. The summed E-state index contributed by atoms with van der Waals surface area (Å²) in [6.45, 7) is 2.38. The molecule has 1 aliphatic heterocycles. The summed E-state index contributed by atoms with van der Waals surface area (Å²) in [5, 5.41) is 0. The molecule has 0 saturated carbocycles. The molecule has 0 radical (unpaired) electrons. The van der Waals surface area contributed by atoms with E-state index in [4.69, 9.17) is 9.47 Å². The summed E-state index contributed by atoms with van der Waals surface area (Å²) in [6.07, 6.45) is -1.41. The zero-order valence-corrected chi connectivity index (χ0v) is 17.0. The van der Waals surface area contributed by atoms with Crippen LogP contribution in [0.15, 0.2) is 42.5 Å². The van der Waals surface area contributed by atoms with Crippen molar-refractivity contribution >= 4 is 6.09 Å². The molecule has 1 atom stereocenters. The number of carbonyl (C=O) groups excluding carboxylic acids is 1. The number of benzene rings is 2. The van der Waals surface area contributed by atoms with Gasteiger partial charge in [0.05, 0.1) is 6.61 Å². The molecule has 0 N–H and O–H groups in total. The van der Waals surface area contributed by atoms with Gasteiger partial charge in [-0.1, -0.05) is 36.4 Å². The highest BCUT2D eigenvalue weighted by Gasteiger charge is 2.36. The second-order valence-corrected chi connectivity index (χ2v) is 7.90. The number of amides is 1. The van der Waals surface area contributed by atoms with Crippen molar-refractivity contribution in [2.75, 3.05) is 6.54 Å². The average Bonchev–Trinajstić information content (AvgIpc) is 2.67. The van der Waals surface area contributed by atoms with Gasteiger partial charge >= 0.3 is 12.7 Å². The van der Waals surface area contributed by atoms with E-state index in [0.717, 1.165) is 11.6 Å². The van der Waals surface area contributed by atoms with E-state index in [9.17, 15) is 18.0 Å². The van der Waals surface area contributed by atoms with Gasteiger partial charge in [0.2, 0.25) is 0 Å². The van der Waals surface area contributed by atoms with E-state index in [0.29, 0.717) is 5.56 Å². The maximum atomic E-state index is 14.8. The van der Waals surface area contributed by atoms with Gasteiger partial charge in [0.25, 0.3) is 0 Å². The minimum Gasteiger partial charge on any atom is -0.444 e. The predicted molar refractivity (Wildman–Crippen MR) is 104 cm³/mol. The van der Waals surface area contributed by atoms with Crippen LogP contribution in [0, 0.1) is 5.82 Å². The number of alkyl halides is 2. The lowest BCUT2D eigenvalue weighted by molar-refractivity contribution is -0.0823. The van der Waals surface area contributed by atoms with Crippen molar-refractivity contribution in [2.45, 2.75) is 52.2 Å². The lowest BCUT2D eigenvalue weighted by atomic mass is 9.97. The van der Waals surface area contributed by atoms with Crippen molar-refractivity contribution in [1.82, 2.24) is 4.90 Å². The zero-order chi connectivity index (χ0) is 21.9. The number of rotatable bonds is 5. The molecular formula is C22H24F3NO4. The molecule has 8 heteroatoms. The van der Waals surface area contributed by atoms with Crippen LogP contribution in [0.4, 0.5) is 18.0 Å². The fourth-order valence-electron chi connectivity index (χ4n) is 3.24. The smallest absolute Gasteiger partial charge is 0.412 e. The van der Waals surface area contributed by atoms with E-state index >= 15 is 0 Å². The SMILES string of the molecule is CC(C)(C)OC(=O)N1CCc2c(ccc(OC(F)F)c2F)C1OCc1ccccc1. The Kier molecular flexibility index (Phi) is 6.55. The molecule has 1 unspecified atom stereocenters. The van der Waals surface area contributed by atoms with Gasteiger partial charge in [-0.25, -0.2) is 9.18 Å². The molecule has 1 amide bonds. The molecule has 162 valence electrons. The molecule has 5 nitrogen and oxygen atoms in total. The zero-order valence-electron chi connectivity index (χ0n) is 17.0. The summed E-state index contributed by atoms with van der Waals surface area (Å²) >= 11 is 0. The highest BCUT2D eigenvalue weighted by atomic mass is 19.3. The Morgan fingerprint density at radius 1 is 1.17 bits per heavy atom. The van der Waals surface area contributed by atoms with Gasteiger partial charge in [-0.15, -0.1) is 0 Å². The van der Waals surface area contributed by atoms with Crippen molar-refractivity contribution in [1.29, 1.82) is 0 Å².